The van der Waals surface area contributed by atoms with E-state index in [0.717, 1.165) is 5.69 Å². The number of allylic oxidation sites excluding steroid dienone is 4. The SMILES string of the molecule is C1=CC2c3c(N(c4ccc5ccccc5c4)c4cccc5c4-c4ccccc4C54c5ccccc5-n5c6ccccc6c6cccc4c65)cccc3C(c3ccccc3)(c3ccccc3)C2C=C1. The Kier molecular flexibility index (Phi) is 7.78. The molecule has 318 valence electrons. The number of benzene rings is 10. The van der Waals surface area contributed by atoms with Crippen LogP contribution in [0.4, 0.5) is 17.1 Å². The monoisotopic (exact) mass is 864 g/mol. The molecule has 3 unspecified atom stereocenters. The number of fused-ring (bicyclic) bond motifs is 16. The molecule has 10 aromatic carbocycles. The zero-order valence-electron chi connectivity index (χ0n) is 37.3. The molecule has 3 aliphatic carbocycles. The first-order valence-electron chi connectivity index (χ1n) is 24.0. The molecule has 0 fully saturated rings. The molecule has 2 heterocycles. The third-order valence-electron chi connectivity index (χ3n) is 16.1. The van der Waals surface area contributed by atoms with Crippen molar-refractivity contribution in [1.29, 1.82) is 0 Å². The topological polar surface area (TPSA) is 8.17 Å². The second-order valence-corrected chi connectivity index (χ2v) is 19.0. The second kappa shape index (κ2) is 14.0. The number of aromatic nitrogens is 1. The predicted octanol–water partition coefficient (Wildman–Crippen LogP) is 16.3. The fraction of sp³-hybridized carbons (Fsp3) is 0.0606. The highest BCUT2D eigenvalue weighted by molar-refractivity contribution is 6.13. The number of hydrogen-bond acceptors (Lipinski definition) is 1. The lowest BCUT2D eigenvalue weighted by atomic mass is 9.63. The second-order valence-electron chi connectivity index (χ2n) is 19.0. The zero-order chi connectivity index (χ0) is 44.6. The molecule has 0 saturated heterocycles. The zero-order valence-corrected chi connectivity index (χ0v) is 37.3. The number of para-hydroxylation sites is 3. The minimum Gasteiger partial charge on any atom is -0.310 e. The van der Waals surface area contributed by atoms with E-state index >= 15 is 0 Å². The van der Waals surface area contributed by atoms with E-state index in [9.17, 15) is 0 Å². The van der Waals surface area contributed by atoms with Gasteiger partial charge in [-0.15, -0.1) is 0 Å². The van der Waals surface area contributed by atoms with Crippen LogP contribution in [0.15, 0.2) is 255 Å². The van der Waals surface area contributed by atoms with Gasteiger partial charge in [0.25, 0.3) is 0 Å². The van der Waals surface area contributed by atoms with Crippen LogP contribution in [0, 0.1) is 5.92 Å². The van der Waals surface area contributed by atoms with Crippen LogP contribution in [0.25, 0.3) is 49.4 Å². The lowest BCUT2D eigenvalue weighted by Crippen LogP contribution is -2.34. The molecule has 15 rings (SSSR count). The summed E-state index contributed by atoms with van der Waals surface area (Å²) in [6, 6.07) is 87.1. The van der Waals surface area contributed by atoms with E-state index in [2.05, 4.69) is 264 Å². The number of anilines is 3. The van der Waals surface area contributed by atoms with Gasteiger partial charge in [-0.25, -0.2) is 0 Å². The first kappa shape index (κ1) is 37.7. The third-order valence-corrected chi connectivity index (χ3v) is 16.1. The molecule has 4 aliphatic rings. The summed E-state index contributed by atoms with van der Waals surface area (Å²) in [5.41, 5.74) is 19.4. The van der Waals surface area contributed by atoms with Crippen LogP contribution in [-0.2, 0) is 10.8 Å². The van der Waals surface area contributed by atoms with E-state index in [1.807, 2.05) is 0 Å². The maximum absolute atomic E-state index is 2.63. The van der Waals surface area contributed by atoms with E-state index in [0.29, 0.717) is 0 Å². The smallest absolute Gasteiger partial charge is 0.0755 e. The Morgan fingerprint density at radius 1 is 0.426 bits per heavy atom. The van der Waals surface area contributed by atoms with E-state index in [-0.39, 0.29) is 11.8 Å². The van der Waals surface area contributed by atoms with Gasteiger partial charge >= 0.3 is 0 Å². The van der Waals surface area contributed by atoms with Crippen LogP contribution in [0.1, 0.15) is 50.4 Å². The average Bonchev–Trinajstić information content (AvgIpc) is 4.03. The summed E-state index contributed by atoms with van der Waals surface area (Å²) in [6.45, 7) is 0. The van der Waals surface area contributed by atoms with E-state index in [1.54, 1.807) is 0 Å². The van der Waals surface area contributed by atoms with Crippen molar-refractivity contribution in [1.82, 2.24) is 4.57 Å². The van der Waals surface area contributed by atoms with Gasteiger partial charge in [0, 0.05) is 33.9 Å². The molecule has 1 aromatic heterocycles. The number of hydrogen-bond donors (Lipinski definition) is 0. The first-order valence-corrected chi connectivity index (χ1v) is 24.0. The highest BCUT2D eigenvalue weighted by Gasteiger charge is 2.55. The van der Waals surface area contributed by atoms with Gasteiger partial charge in [0.2, 0.25) is 0 Å². The van der Waals surface area contributed by atoms with Crippen molar-refractivity contribution in [3.05, 3.63) is 299 Å². The summed E-state index contributed by atoms with van der Waals surface area (Å²) in [5, 5.41) is 5.01. The molecule has 0 saturated carbocycles. The van der Waals surface area contributed by atoms with Gasteiger partial charge in [-0.05, 0) is 97.2 Å². The van der Waals surface area contributed by atoms with Crippen LogP contribution in [0.2, 0.25) is 0 Å². The van der Waals surface area contributed by atoms with Crippen molar-refractivity contribution in [3.8, 4) is 16.8 Å². The number of nitrogens with zero attached hydrogens (tertiary/aromatic N) is 2. The molecule has 0 amide bonds. The largest absolute Gasteiger partial charge is 0.310 e. The Labute approximate surface area is 396 Å². The third kappa shape index (κ3) is 4.71. The van der Waals surface area contributed by atoms with Gasteiger partial charge in [-0.1, -0.05) is 218 Å². The van der Waals surface area contributed by atoms with E-state index in [4.69, 9.17) is 0 Å². The van der Waals surface area contributed by atoms with Crippen molar-refractivity contribution < 1.29 is 0 Å². The molecule has 0 radical (unpaired) electrons. The minimum absolute atomic E-state index is 0.120. The fourth-order valence-electron chi connectivity index (χ4n) is 13.7. The molecule has 68 heavy (non-hydrogen) atoms. The lowest BCUT2D eigenvalue weighted by Gasteiger charge is -2.39. The summed E-state index contributed by atoms with van der Waals surface area (Å²) in [6.07, 6.45) is 9.50. The van der Waals surface area contributed by atoms with Crippen LogP contribution in [-0.4, -0.2) is 4.57 Å². The maximum atomic E-state index is 2.63. The van der Waals surface area contributed by atoms with Crippen molar-refractivity contribution in [2.45, 2.75) is 16.7 Å². The van der Waals surface area contributed by atoms with Crippen molar-refractivity contribution in [2.24, 2.45) is 5.92 Å². The number of rotatable bonds is 5. The Morgan fingerprint density at radius 3 is 1.88 bits per heavy atom. The van der Waals surface area contributed by atoms with Gasteiger partial charge in [-0.3, -0.25) is 0 Å². The standard InChI is InChI=1S/C66H44N2/c1-3-22-45(23-4-1)65(46-24-5-2-6-25-46)52-30-12-9-27-50(52)62-55(65)33-18-38-60(62)67(47-41-40-43-20-7-8-21-44(43)42-47)61-39-19-34-56-63(61)51-28-10-13-31-53(51)66(56)54-32-14-16-37-59(54)68-58-36-15-11-26-48(58)49-29-17-35-57(66)64(49)68/h1-42,50,52H. The van der Waals surface area contributed by atoms with Gasteiger partial charge < -0.3 is 9.47 Å². The van der Waals surface area contributed by atoms with Crippen LogP contribution >= 0.6 is 0 Å². The molecule has 2 heteroatoms. The normalized spacial score (nSPS) is 18.6. The van der Waals surface area contributed by atoms with Gasteiger partial charge in [0.05, 0.1) is 38.9 Å². The lowest BCUT2D eigenvalue weighted by molar-refractivity contribution is 0.457. The van der Waals surface area contributed by atoms with E-state index in [1.165, 1.54) is 105 Å². The average molecular weight is 865 g/mol. The highest BCUT2D eigenvalue weighted by atomic mass is 15.2. The summed E-state index contributed by atoms with van der Waals surface area (Å²) >= 11 is 0. The molecular weight excluding hydrogens is 821 g/mol. The van der Waals surface area contributed by atoms with Crippen LogP contribution in [0.3, 0.4) is 0 Å². The summed E-state index contributed by atoms with van der Waals surface area (Å²) in [4.78, 5) is 2.63. The minimum atomic E-state index is -0.576. The van der Waals surface area contributed by atoms with Crippen molar-refractivity contribution >= 4 is 49.6 Å². The predicted molar refractivity (Wildman–Crippen MR) is 281 cm³/mol. The van der Waals surface area contributed by atoms with Crippen molar-refractivity contribution in [2.75, 3.05) is 4.90 Å². The van der Waals surface area contributed by atoms with Crippen molar-refractivity contribution in [3.63, 3.8) is 0 Å². The quantitative estimate of drug-likeness (QED) is 0.167. The molecule has 3 atom stereocenters. The molecule has 1 spiro atoms. The Hall–Kier alpha value is -8.46. The summed E-state index contributed by atoms with van der Waals surface area (Å²) < 4.78 is 2.54. The maximum Gasteiger partial charge on any atom is 0.0755 e. The molecular formula is C66H44N2. The van der Waals surface area contributed by atoms with E-state index < -0.39 is 10.8 Å². The van der Waals surface area contributed by atoms with Crippen LogP contribution < -0.4 is 4.90 Å². The molecule has 1 aliphatic heterocycles. The van der Waals surface area contributed by atoms with Gasteiger partial charge in [-0.2, -0.15) is 0 Å². The Morgan fingerprint density at radius 2 is 1.04 bits per heavy atom. The van der Waals surface area contributed by atoms with Crippen LogP contribution in [0.5, 0.6) is 0 Å². The molecule has 0 N–H and O–H groups in total. The summed E-state index contributed by atoms with van der Waals surface area (Å²) in [7, 11) is 0. The Bertz CT molecular complexity index is 3910. The van der Waals surface area contributed by atoms with Gasteiger partial charge in [0.15, 0.2) is 0 Å². The first-order chi connectivity index (χ1) is 33.8. The Balaban J connectivity index is 1.07. The highest BCUT2D eigenvalue weighted by Crippen LogP contribution is 2.66. The van der Waals surface area contributed by atoms with Gasteiger partial charge in [0.1, 0.15) is 0 Å². The molecule has 11 aromatic rings. The molecule has 0 bridgehead atoms. The molecule has 2 nitrogen and oxygen atoms in total. The fourth-order valence-corrected chi connectivity index (χ4v) is 13.7. The summed E-state index contributed by atoms with van der Waals surface area (Å²) in [5.74, 6) is 0.276.